The summed E-state index contributed by atoms with van der Waals surface area (Å²) in [6.07, 6.45) is 2.98. The topological polar surface area (TPSA) is 75.4 Å². The molecule has 0 aromatic heterocycles. The Kier molecular flexibility index (Phi) is 9.57. The fourth-order valence-corrected chi connectivity index (χ4v) is 4.17. The molecule has 1 unspecified atom stereocenters. The molecule has 2 aromatic rings. The van der Waals surface area contributed by atoms with Crippen LogP contribution in [0.1, 0.15) is 56.1 Å². The normalized spacial score (nSPS) is 16.1. The number of carbonyl (C=O) groups excluding carboxylic acids is 1. The third-order valence-electron chi connectivity index (χ3n) is 5.87. The van der Waals surface area contributed by atoms with Gasteiger partial charge in [-0.2, -0.15) is 0 Å². The molecule has 0 saturated carbocycles. The molecular weight excluding hydrogens is 431 g/mol. The van der Waals surface area contributed by atoms with Crippen LogP contribution in [-0.2, 0) is 4.79 Å². The lowest BCUT2D eigenvalue weighted by Crippen LogP contribution is -2.57. The number of nitrogens with two attached hydrogens (primary N) is 1. The average molecular weight is 463 g/mol. The van der Waals surface area contributed by atoms with Gasteiger partial charge in [0.05, 0.1) is 18.2 Å². The highest BCUT2D eigenvalue weighted by Crippen LogP contribution is 2.40. The number of carbonyl (C=O) groups is 1. The zero-order valence-electron chi connectivity index (χ0n) is 18.2. The summed E-state index contributed by atoms with van der Waals surface area (Å²) in [6, 6.07) is 15.1. The first-order valence-electron chi connectivity index (χ1n) is 10.6. The van der Waals surface area contributed by atoms with E-state index in [2.05, 4.69) is 18.8 Å². The van der Waals surface area contributed by atoms with E-state index in [-0.39, 0.29) is 30.4 Å². The molecule has 2 aromatic carbocycles. The summed E-state index contributed by atoms with van der Waals surface area (Å²) in [5.74, 6) is -0.315. The number of hydrogen-bond donors (Lipinski definition) is 3. The van der Waals surface area contributed by atoms with E-state index in [1.807, 2.05) is 55.5 Å². The van der Waals surface area contributed by atoms with Crippen molar-refractivity contribution in [1.82, 2.24) is 5.32 Å². The Bertz CT molecular complexity index is 868. The highest BCUT2D eigenvalue weighted by molar-refractivity contribution is 6.30. The van der Waals surface area contributed by atoms with Crippen LogP contribution in [0.5, 0.6) is 0 Å². The Labute approximate surface area is 195 Å². The third kappa shape index (κ3) is 6.81. The minimum atomic E-state index is -1.18. The lowest BCUT2D eigenvalue weighted by molar-refractivity contribution is -0.127. The summed E-state index contributed by atoms with van der Waals surface area (Å²) in [6.45, 7) is 7.70. The van der Waals surface area contributed by atoms with E-state index in [1.165, 1.54) is 0 Å². The first kappa shape index (κ1) is 25.4. The lowest BCUT2D eigenvalue weighted by atomic mass is 9.73. The average Bonchev–Trinajstić information content (AvgIpc) is 2.76. The fraction of sp³-hybridized carbons (Fsp3) is 0.400. The van der Waals surface area contributed by atoms with Crippen molar-refractivity contribution in [2.45, 2.75) is 56.5 Å². The second-order valence-electron chi connectivity index (χ2n) is 8.12. The van der Waals surface area contributed by atoms with E-state index in [4.69, 9.17) is 28.9 Å². The van der Waals surface area contributed by atoms with Crippen LogP contribution in [-0.4, -0.2) is 29.2 Å². The van der Waals surface area contributed by atoms with Crippen molar-refractivity contribution in [3.63, 3.8) is 0 Å². The van der Waals surface area contributed by atoms with Crippen molar-refractivity contribution in [3.8, 4) is 0 Å². The van der Waals surface area contributed by atoms with Crippen molar-refractivity contribution < 1.29 is 9.90 Å². The molecule has 0 spiro atoms. The molecule has 31 heavy (non-hydrogen) atoms. The maximum Gasteiger partial charge on any atom is 0.240 e. The van der Waals surface area contributed by atoms with Crippen LogP contribution in [0.15, 0.2) is 61.2 Å². The standard InChI is InChI=1S/C25H32Cl2N2O2/c1-4-13-25(28,24(31)29-22(5-2)16-30)15-23(19-7-6-8-21(27)14-19)17(3)18-9-11-20(26)12-10-18/h4,6-12,14,17,22-23,30H,1,5,13,15-16,28H2,2-3H3,(H,29,31)/t17-,22-,23-,25?/m0/s1. The largest absolute Gasteiger partial charge is 0.394 e. The Morgan fingerprint density at radius 2 is 1.87 bits per heavy atom. The zero-order chi connectivity index (χ0) is 23.0. The van der Waals surface area contributed by atoms with Crippen LogP contribution >= 0.6 is 23.2 Å². The van der Waals surface area contributed by atoms with Gasteiger partial charge in [0.15, 0.2) is 0 Å². The predicted molar refractivity (Wildman–Crippen MR) is 130 cm³/mol. The molecule has 0 aliphatic carbocycles. The van der Waals surface area contributed by atoms with E-state index in [0.717, 1.165) is 11.1 Å². The molecule has 0 radical (unpaired) electrons. The van der Waals surface area contributed by atoms with Crippen LogP contribution in [0, 0.1) is 0 Å². The summed E-state index contributed by atoms with van der Waals surface area (Å²) in [4.78, 5) is 13.2. The van der Waals surface area contributed by atoms with Gasteiger partial charge in [0, 0.05) is 10.0 Å². The summed E-state index contributed by atoms with van der Waals surface area (Å²) in [7, 11) is 0. The summed E-state index contributed by atoms with van der Waals surface area (Å²) in [5, 5.41) is 13.7. The number of rotatable bonds is 11. The maximum atomic E-state index is 13.2. The highest BCUT2D eigenvalue weighted by Gasteiger charge is 2.38. The molecule has 1 amide bonds. The molecule has 4 nitrogen and oxygen atoms in total. The number of hydrogen-bond acceptors (Lipinski definition) is 3. The lowest BCUT2D eigenvalue weighted by Gasteiger charge is -2.35. The number of halogens is 2. The second kappa shape index (κ2) is 11.7. The Balaban J connectivity index is 2.44. The first-order chi connectivity index (χ1) is 14.7. The number of amides is 1. The Hall–Kier alpha value is -1.85. The summed E-state index contributed by atoms with van der Waals surface area (Å²) < 4.78 is 0. The number of nitrogens with one attached hydrogen (secondary N) is 1. The third-order valence-corrected chi connectivity index (χ3v) is 6.36. The van der Waals surface area contributed by atoms with Crippen molar-refractivity contribution >= 4 is 29.1 Å². The molecule has 0 aliphatic heterocycles. The van der Waals surface area contributed by atoms with Gasteiger partial charge in [-0.15, -0.1) is 6.58 Å². The van der Waals surface area contributed by atoms with Gasteiger partial charge in [0.1, 0.15) is 0 Å². The molecule has 0 bridgehead atoms. The molecular formula is C25H32Cl2N2O2. The van der Waals surface area contributed by atoms with Gasteiger partial charge in [-0.05, 0) is 66.5 Å². The van der Waals surface area contributed by atoms with Gasteiger partial charge in [0.2, 0.25) is 5.91 Å². The molecule has 0 saturated heterocycles. The second-order valence-corrected chi connectivity index (χ2v) is 8.99. The smallest absolute Gasteiger partial charge is 0.240 e. The van der Waals surface area contributed by atoms with Crippen LogP contribution < -0.4 is 11.1 Å². The van der Waals surface area contributed by atoms with Gasteiger partial charge in [-0.1, -0.05) is 67.4 Å². The molecule has 0 fully saturated rings. The van der Waals surface area contributed by atoms with Gasteiger partial charge in [-0.25, -0.2) is 0 Å². The van der Waals surface area contributed by atoms with Gasteiger partial charge in [-0.3, -0.25) is 4.79 Å². The number of benzene rings is 2. The van der Waals surface area contributed by atoms with Gasteiger partial charge in [0.25, 0.3) is 0 Å². The van der Waals surface area contributed by atoms with E-state index >= 15 is 0 Å². The molecule has 2 rings (SSSR count). The molecule has 4 N–H and O–H groups in total. The number of aliphatic hydroxyl groups is 1. The van der Waals surface area contributed by atoms with E-state index in [9.17, 15) is 9.90 Å². The number of aliphatic hydroxyl groups excluding tert-OH is 1. The van der Waals surface area contributed by atoms with Crippen LogP contribution in [0.3, 0.4) is 0 Å². The quantitative estimate of drug-likeness (QED) is 0.389. The Morgan fingerprint density at radius 3 is 2.42 bits per heavy atom. The van der Waals surface area contributed by atoms with E-state index < -0.39 is 5.54 Å². The van der Waals surface area contributed by atoms with Crippen molar-refractivity contribution in [3.05, 3.63) is 82.4 Å². The highest BCUT2D eigenvalue weighted by atomic mass is 35.5. The first-order valence-corrected chi connectivity index (χ1v) is 11.3. The van der Waals surface area contributed by atoms with Gasteiger partial charge >= 0.3 is 0 Å². The zero-order valence-corrected chi connectivity index (χ0v) is 19.7. The maximum absolute atomic E-state index is 13.2. The summed E-state index contributed by atoms with van der Waals surface area (Å²) >= 11 is 12.4. The summed E-state index contributed by atoms with van der Waals surface area (Å²) in [5.41, 5.74) is 7.63. The van der Waals surface area contributed by atoms with Crippen molar-refractivity contribution in [2.75, 3.05) is 6.61 Å². The molecule has 0 aliphatic rings. The molecule has 168 valence electrons. The van der Waals surface area contributed by atoms with E-state index in [1.54, 1.807) is 6.08 Å². The monoisotopic (exact) mass is 462 g/mol. The fourth-order valence-electron chi connectivity index (χ4n) is 3.84. The van der Waals surface area contributed by atoms with Crippen molar-refractivity contribution in [1.29, 1.82) is 0 Å². The predicted octanol–water partition coefficient (Wildman–Crippen LogP) is 5.43. The minimum Gasteiger partial charge on any atom is -0.394 e. The SMILES string of the molecule is C=CCC(N)(C[C@H](c1cccc(Cl)c1)[C@@H](C)c1ccc(Cl)cc1)C(=O)N[C@@H](CC)CO. The molecule has 6 heteroatoms. The van der Waals surface area contributed by atoms with Gasteiger partial charge < -0.3 is 16.2 Å². The van der Waals surface area contributed by atoms with Crippen LogP contribution in [0.4, 0.5) is 0 Å². The minimum absolute atomic E-state index is 0.0519. The molecule has 0 heterocycles. The Morgan fingerprint density at radius 1 is 1.19 bits per heavy atom. The van der Waals surface area contributed by atoms with Crippen molar-refractivity contribution in [2.24, 2.45) is 5.73 Å². The van der Waals surface area contributed by atoms with Crippen LogP contribution in [0.25, 0.3) is 0 Å². The van der Waals surface area contributed by atoms with Crippen LogP contribution in [0.2, 0.25) is 10.0 Å². The molecule has 4 atom stereocenters. The van der Waals surface area contributed by atoms with E-state index in [0.29, 0.717) is 29.3 Å².